The molecular formula is C13H20N2O3. The molecule has 0 saturated carbocycles. The van der Waals surface area contributed by atoms with E-state index in [1.165, 1.54) is 6.07 Å². The second kappa shape index (κ2) is 7.08. The summed E-state index contributed by atoms with van der Waals surface area (Å²) in [7, 11) is 0. The highest BCUT2D eigenvalue weighted by molar-refractivity contribution is 5.44. The van der Waals surface area contributed by atoms with Crippen molar-refractivity contribution in [3.05, 3.63) is 39.4 Å². The predicted octanol–water partition coefficient (Wildman–Crippen LogP) is 2.01. The lowest BCUT2D eigenvalue weighted by atomic mass is 10.1. The molecular weight excluding hydrogens is 232 g/mol. The summed E-state index contributed by atoms with van der Waals surface area (Å²) in [6, 6.07) is 5.12. The summed E-state index contributed by atoms with van der Waals surface area (Å²) in [6.45, 7) is 5.43. The van der Waals surface area contributed by atoms with Crippen molar-refractivity contribution in [2.45, 2.75) is 26.8 Å². The molecule has 1 atom stereocenters. The van der Waals surface area contributed by atoms with Crippen molar-refractivity contribution < 1.29 is 10.0 Å². The van der Waals surface area contributed by atoms with Gasteiger partial charge in [-0.2, -0.15) is 0 Å². The molecule has 0 bridgehead atoms. The van der Waals surface area contributed by atoms with Gasteiger partial charge in [-0.1, -0.05) is 19.1 Å². The predicted molar refractivity (Wildman–Crippen MR) is 70.4 cm³/mol. The molecule has 5 nitrogen and oxygen atoms in total. The summed E-state index contributed by atoms with van der Waals surface area (Å²) in [4.78, 5) is 10.4. The van der Waals surface area contributed by atoms with Gasteiger partial charge in [0.2, 0.25) is 0 Å². The van der Waals surface area contributed by atoms with Crippen molar-refractivity contribution in [1.82, 2.24) is 5.32 Å². The molecule has 0 heterocycles. The van der Waals surface area contributed by atoms with Crippen molar-refractivity contribution in [3.63, 3.8) is 0 Å². The van der Waals surface area contributed by atoms with Crippen LogP contribution in [0.25, 0.3) is 0 Å². The number of benzene rings is 1. The first-order valence-electron chi connectivity index (χ1n) is 6.10. The average Bonchev–Trinajstić information content (AvgIpc) is 2.31. The fourth-order valence-corrected chi connectivity index (χ4v) is 1.83. The quantitative estimate of drug-likeness (QED) is 0.575. The fraction of sp³-hybridized carbons (Fsp3) is 0.538. The average molecular weight is 252 g/mol. The molecule has 0 aliphatic rings. The van der Waals surface area contributed by atoms with Gasteiger partial charge in [-0.3, -0.25) is 10.1 Å². The van der Waals surface area contributed by atoms with Crippen LogP contribution in [0.1, 0.15) is 24.5 Å². The number of aliphatic hydroxyl groups excluding tert-OH is 1. The number of rotatable bonds is 7. The second-order valence-corrected chi connectivity index (χ2v) is 4.57. The Balaban J connectivity index is 2.57. The van der Waals surface area contributed by atoms with Crippen LogP contribution in [0.15, 0.2) is 18.2 Å². The van der Waals surface area contributed by atoms with Gasteiger partial charge in [-0.25, -0.2) is 0 Å². The van der Waals surface area contributed by atoms with Crippen LogP contribution < -0.4 is 5.32 Å². The Kier molecular flexibility index (Phi) is 5.74. The van der Waals surface area contributed by atoms with Gasteiger partial charge in [-0.05, 0) is 31.4 Å². The Bertz CT molecular complexity index is 407. The zero-order chi connectivity index (χ0) is 13.5. The monoisotopic (exact) mass is 252 g/mol. The van der Waals surface area contributed by atoms with Crippen molar-refractivity contribution in [1.29, 1.82) is 0 Å². The highest BCUT2D eigenvalue weighted by atomic mass is 16.6. The summed E-state index contributed by atoms with van der Waals surface area (Å²) < 4.78 is 0. The molecule has 0 fully saturated rings. The summed E-state index contributed by atoms with van der Waals surface area (Å²) in [5, 5.41) is 22.8. The van der Waals surface area contributed by atoms with Gasteiger partial charge in [-0.15, -0.1) is 0 Å². The third kappa shape index (κ3) is 4.09. The zero-order valence-electron chi connectivity index (χ0n) is 10.8. The third-order valence-electron chi connectivity index (χ3n) is 3.04. The van der Waals surface area contributed by atoms with E-state index in [0.29, 0.717) is 18.0 Å². The first-order chi connectivity index (χ1) is 8.56. The Morgan fingerprint density at radius 3 is 2.83 bits per heavy atom. The summed E-state index contributed by atoms with van der Waals surface area (Å²) in [5.74, 6) is 0.397. The van der Waals surface area contributed by atoms with Gasteiger partial charge in [0.1, 0.15) is 0 Å². The van der Waals surface area contributed by atoms with Crippen LogP contribution in [-0.4, -0.2) is 23.2 Å². The van der Waals surface area contributed by atoms with E-state index in [4.69, 9.17) is 5.11 Å². The van der Waals surface area contributed by atoms with E-state index in [2.05, 4.69) is 12.2 Å². The Labute approximate surface area is 107 Å². The van der Waals surface area contributed by atoms with Gasteiger partial charge in [0.25, 0.3) is 5.69 Å². The van der Waals surface area contributed by atoms with Gasteiger partial charge < -0.3 is 10.4 Å². The fourth-order valence-electron chi connectivity index (χ4n) is 1.83. The molecule has 0 saturated heterocycles. The Morgan fingerprint density at radius 1 is 1.50 bits per heavy atom. The molecule has 0 aliphatic heterocycles. The number of nitro benzene ring substituents is 1. The molecule has 100 valence electrons. The van der Waals surface area contributed by atoms with Gasteiger partial charge in [0.15, 0.2) is 0 Å². The normalized spacial score (nSPS) is 12.4. The Hall–Kier alpha value is -1.46. The minimum atomic E-state index is -0.354. The van der Waals surface area contributed by atoms with Gasteiger partial charge in [0.05, 0.1) is 4.92 Å². The van der Waals surface area contributed by atoms with E-state index >= 15 is 0 Å². The van der Waals surface area contributed by atoms with Crippen molar-refractivity contribution in [2.24, 2.45) is 5.92 Å². The summed E-state index contributed by atoms with van der Waals surface area (Å²) in [6.07, 6.45) is 0.765. The number of aliphatic hydroxyl groups is 1. The molecule has 1 aromatic rings. The highest BCUT2D eigenvalue weighted by Crippen LogP contribution is 2.20. The maximum Gasteiger partial charge on any atom is 0.272 e. The Morgan fingerprint density at radius 2 is 2.22 bits per heavy atom. The summed E-state index contributed by atoms with van der Waals surface area (Å²) in [5.41, 5.74) is 1.82. The van der Waals surface area contributed by atoms with E-state index in [9.17, 15) is 10.1 Å². The largest absolute Gasteiger partial charge is 0.396 e. The standard InChI is InChI=1S/C13H20N2O3/c1-10(6-7-16)8-14-9-12-4-3-5-13(11(12)2)15(17)18/h3-5,10,14,16H,6-9H2,1-2H3. The molecule has 2 N–H and O–H groups in total. The van der Waals surface area contributed by atoms with E-state index in [1.54, 1.807) is 13.0 Å². The van der Waals surface area contributed by atoms with E-state index in [-0.39, 0.29) is 17.2 Å². The lowest BCUT2D eigenvalue weighted by molar-refractivity contribution is -0.385. The number of nitro groups is 1. The molecule has 1 rings (SSSR count). The smallest absolute Gasteiger partial charge is 0.272 e. The molecule has 0 amide bonds. The SMILES string of the molecule is Cc1c(CNCC(C)CCO)cccc1[N+](=O)[O-]. The lowest BCUT2D eigenvalue weighted by Crippen LogP contribution is -2.21. The molecule has 0 spiro atoms. The number of nitrogens with zero attached hydrogens (tertiary/aromatic N) is 1. The third-order valence-corrected chi connectivity index (χ3v) is 3.04. The van der Waals surface area contributed by atoms with Crippen molar-refractivity contribution >= 4 is 5.69 Å². The van der Waals surface area contributed by atoms with Crippen molar-refractivity contribution in [3.8, 4) is 0 Å². The van der Waals surface area contributed by atoms with Crippen molar-refractivity contribution in [2.75, 3.05) is 13.2 Å². The zero-order valence-corrected chi connectivity index (χ0v) is 10.8. The number of nitrogens with one attached hydrogen (secondary N) is 1. The molecule has 0 radical (unpaired) electrons. The summed E-state index contributed by atoms with van der Waals surface area (Å²) >= 11 is 0. The van der Waals surface area contributed by atoms with Crippen LogP contribution in [0.5, 0.6) is 0 Å². The van der Waals surface area contributed by atoms with Crippen LogP contribution >= 0.6 is 0 Å². The highest BCUT2D eigenvalue weighted by Gasteiger charge is 2.12. The van der Waals surface area contributed by atoms with E-state index in [0.717, 1.165) is 18.5 Å². The van der Waals surface area contributed by atoms with Crippen LogP contribution in [0.2, 0.25) is 0 Å². The molecule has 1 aromatic carbocycles. The van der Waals surface area contributed by atoms with Gasteiger partial charge in [0, 0.05) is 24.8 Å². The molecule has 5 heteroatoms. The maximum atomic E-state index is 10.8. The van der Waals surface area contributed by atoms with Crippen LogP contribution in [0.3, 0.4) is 0 Å². The van der Waals surface area contributed by atoms with Crippen LogP contribution in [-0.2, 0) is 6.54 Å². The number of hydrogen-bond acceptors (Lipinski definition) is 4. The minimum Gasteiger partial charge on any atom is -0.396 e. The maximum absolute atomic E-state index is 10.8. The molecule has 0 aromatic heterocycles. The number of hydrogen-bond donors (Lipinski definition) is 2. The molecule has 1 unspecified atom stereocenters. The lowest BCUT2D eigenvalue weighted by Gasteiger charge is -2.12. The van der Waals surface area contributed by atoms with Gasteiger partial charge >= 0.3 is 0 Å². The second-order valence-electron chi connectivity index (χ2n) is 4.57. The van der Waals surface area contributed by atoms with E-state index in [1.807, 2.05) is 6.07 Å². The minimum absolute atomic E-state index is 0.165. The first kappa shape index (κ1) is 14.6. The first-order valence-corrected chi connectivity index (χ1v) is 6.10. The molecule has 0 aliphatic carbocycles. The topological polar surface area (TPSA) is 75.4 Å². The van der Waals surface area contributed by atoms with E-state index < -0.39 is 0 Å². The molecule has 18 heavy (non-hydrogen) atoms. The van der Waals surface area contributed by atoms with Crippen LogP contribution in [0.4, 0.5) is 5.69 Å². The van der Waals surface area contributed by atoms with Crippen LogP contribution in [0, 0.1) is 23.0 Å².